The molecule has 0 rings (SSSR count). The molecule has 0 aliphatic rings. The van der Waals surface area contributed by atoms with Gasteiger partial charge in [0.05, 0.1) is 6.04 Å². The van der Waals surface area contributed by atoms with Crippen LogP contribution in [0.2, 0.25) is 0 Å². The van der Waals surface area contributed by atoms with Crippen molar-refractivity contribution in [2.45, 2.75) is 26.8 Å². The summed E-state index contributed by atoms with van der Waals surface area (Å²) in [6.07, 6.45) is 0. The minimum Gasteiger partial charge on any atom is -0.298 e. The topological polar surface area (TPSA) is 46.3 Å². The average molecular weight is 256 g/mol. The number of carbonyl (C=O) groups excluding carboxylic acids is 1. The number of nitrogens with two attached hydrogens (primary N) is 1. The standard InChI is InChI=1S/C6H13IN2O/c1-4(2)6(5(3)10)9(7)8/h4,6H,8H2,1-3H3. The molecule has 0 amide bonds. The molecule has 10 heavy (non-hydrogen) atoms. The second-order valence-electron chi connectivity index (χ2n) is 2.64. The summed E-state index contributed by atoms with van der Waals surface area (Å²) in [4.78, 5) is 10.9. The summed E-state index contributed by atoms with van der Waals surface area (Å²) >= 11 is 1.93. The van der Waals surface area contributed by atoms with Crippen LogP contribution in [0.25, 0.3) is 0 Å². The predicted molar refractivity (Wildman–Crippen MR) is 49.4 cm³/mol. The quantitative estimate of drug-likeness (QED) is 0.356. The van der Waals surface area contributed by atoms with E-state index in [1.165, 1.54) is 3.22 Å². The Morgan fingerprint density at radius 2 is 2.00 bits per heavy atom. The SMILES string of the molecule is CC(=O)C(C(C)C)N(N)I. The molecule has 0 aliphatic carbocycles. The average Bonchev–Trinajstić information content (AvgIpc) is 1.59. The van der Waals surface area contributed by atoms with Gasteiger partial charge in [0.1, 0.15) is 5.78 Å². The molecule has 0 saturated carbocycles. The highest BCUT2D eigenvalue weighted by Gasteiger charge is 2.21. The van der Waals surface area contributed by atoms with Crippen molar-refractivity contribution in [2.24, 2.45) is 11.8 Å². The van der Waals surface area contributed by atoms with Gasteiger partial charge >= 0.3 is 0 Å². The van der Waals surface area contributed by atoms with Crippen molar-refractivity contribution in [2.75, 3.05) is 0 Å². The van der Waals surface area contributed by atoms with E-state index in [9.17, 15) is 4.79 Å². The van der Waals surface area contributed by atoms with E-state index in [1.807, 2.05) is 36.7 Å². The molecule has 0 aromatic rings. The highest BCUT2D eigenvalue weighted by molar-refractivity contribution is 14.1. The number of hydrogen-bond donors (Lipinski definition) is 1. The molecule has 3 nitrogen and oxygen atoms in total. The zero-order valence-electron chi connectivity index (χ0n) is 6.47. The third-order valence-corrected chi connectivity index (χ3v) is 1.91. The van der Waals surface area contributed by atoms with Crippen LogP contribution in [0, 0.1) is 5.92 Å². The van der Waals surface area contributed by atoms with Gasteiger partial charge in [-0.15, -0.1) is 0 Å². The molecular weight excluding hydrogens is 243 g/mol. The Balaban J connectivity index is 4.12. The van der Waals surface area contributed by atoms with Crippen LogP contribution in [0.1, 0.15) is 20.8 Å². The van der Waals surface area contributed by atoms with E-state index in [1.54, 1.807) is 6.92 Å². The van der Waals surface area contributed by atoms with Gasteiger partial charge in [-0.25, -0.2) is 0 Å². The third-order valence-electron chi connectivity index (χ3n) is 1.31. The summed E-state index contributed by atoms with van der Waals surface area (Å²) in [5.74, 6) is 5.83. The van der Waals surface area contributed by atoms with Crippen LogP contribution >= 0.6 is 22.9 Å². The van der Waals surface area contributed by atoms with Crippen molar-refractivity contribution >= 4 is 28.6 Å². The first kappa shape index (κ1) is 10.3. The van der Waals surface area contributed by atoms with Gasteiger partial charge in [0, 0.05) is 22.9 Å². The molecule has 0 radical (unpaired) electrons. The Bertz CT molecular complexity index is 117. The normalized spacial score (nSPS) is 14.3. The van der Waals surface area contributed by atoms with Crippen molar-refractivity contribution < 1.29 is 4.79 Å². The van der Waals surface area contributed by atoms with Gasteiger partial charge in [0.25, 0.3) is 0 Å². The summed E-state index contributed by atoms with van der Waals surface area (Å²) in [6.45, 7) is 5.51. The Morgan fingerprint density at radius 1 is 1.60 bits per heavy atom. The molecule has 1 unspecified atom stereocenters. The predicted octanol–water partition coefficient (Wildman–Crippen LogP) is 1.13. The van der Waals surface area contributed by atoms with Crippen molar-refractivity contribution in [1.29, 1.82) is 0 Å². The molecule has 0 saturated heterocycles. The first-order chi connectivity index (χ1) is 4.46. The van der Waals surface area contributed by atoms with Gasteiger partial charge < -0.3 is 0 Å². The molecular formula is C6H13IN2O. The molecule has 0 aromatic carbocycles. The maximum absolute atomic E-state index is 10.9. The van der Waals surface area contributed by atoms with E-state index in [4.69, 9.17) is 5.84 Å². The fourth-order valence-corrected chi connectivity index (χ4v) is 1.96. The zero-order valence-corrected chi connectivity index (χ0v) is 8.62. The molecule has 4 heteroatoms. The lowest BCUT2D eigenvalue weighted by Gasteiger charge is -2.22. The van der Waals surface area contributed by atoms with Crippen molar-refractivity contribution in [3.63, 3.8) is 0 Å². The van der Waals surface area contributed by atoms with Crippen LogP contribution in [-0.2, 0) is 4.79 Å². The molecule has 0 spiro atoms. The molecule has 0 bridgehead atoms. The smallest absolute Gasteiger partial charge is 0.149 e. The molecule has 1 atom stereocenters. The molecule has 0 fully saturated rings. The van der Waals surface area contributed by atoms with Crippen LogP contribution in [0.15, 0.2) is 0 Å². The second kappa shape index (κ2) is 4.25. The lowest BCUT2D eigenvalue weighted by atomic mass is 10.0. The number of halogens is 1. The van der Waals surface area contributed by atoms with Crippen LogP contribution in [-0.4, -0.2) is 15.0 Å². The molecule has 2 N–H and O–H groups in total. The first-order valence-electron chi connectivity index (χ1n) is 3.17. The largest absolute Gasteiger partial charge is 0.298 e. The summed E-state index contributed by atoms with van der Waals surface area (Å²) in [7, 11) is 0. The van der Waals surface area contributed by atoms with Gasteiger partial charge in [-0.1, -0.05) is 13.8 Å². The number of hydrogen-bond acceptors (Lipinski definition) is 3. The van der Waals surface area contributed by atoms with E-state index in [0.717, 1.165) is 0 Å². The fraction of sp³-hybridized carbons (Fsp3) is 0.833. The van der Waals surface area contributed by atoms with Crippen LogP contribution in [0.4, 0.5) is 0 Å². The highest BCUT2D eigenvalue weighted by atomic mass is 127. The van der Waals surface area contributed by atoms with Gasteiger partial charge in [0.2, 0.25) is 0 Å². The van der Waals surface area contributed by atoms with E-state index in [-0.39, 0.29) is 17.7 Å². The summed E-state index contributed by atoms with van der Waals surface area (Å²) in [6, 6.07) is -0.152. The summed E-state index contributed by atoms with van der Waals surface area (Å²) in [5, 5.41) is 0. The number of rotatable bonds is 3. The van der Waals surface area contributed by atoms with Crippen molar-refractivity contribution in [3.05, 3.63) is 0 Å². The Labute approximate surface area is 75.4 Å². The van der Waals surface area contributed by atoms with Gasteiger partial charge in [-0.3, -0.25) is 10.6 Å². The molecule has 60 valence electrons. The van der Waals surface area contributed by atoms with Gasteiger partial charge in [0.15, 0.2) is 0 Å². The van der Waals surface area contributed by atoms with Crippen molar-refractivity contribution in [3.8, 4) is 0 Å². The summed E-state index contributed by atoms with van der Waals surface area (Å²) < 4.78 is 1.44. The van der Waals surface area contributed by atoms with Crippen LogP contribution in [0.5, 0.6) is 0 Å². The number of Topliss-reactive ketones (excluding diaryl/α,β-unsaturated/α-hetero) is 1. The highest BCUT2D eigenvalue weighted by Crippen LogP contribution is 2.11. The minimum atomic E-state index is -0.152. The Hall–Kier alpha value is 0.320. The lowest BCUT2D eigenvalue weighted by Crippen LogP contribution is -2.41. The molecule has 0 aliphatic heterocycles. The minimum absolute atomic E-state index is 0.118. The maximum Gasteiger partial charge on any atom is 0.149 e. The van der Waals surface area contributed by atoms with Crippen molar-refractivity contribution in [1.82, 2.24) is 3.22 Å². The lowest BCUT2D eigenvalue weighted by molar-refractivity contribution is -0.121. The number of hydrazine groups is 1. The Morgan fingerprint density at radius 3 is 2.00 bits per heavy atom. The maximum atomic E-state index is 10.9. The number of nitrogens with zero attached hydrogens (tertiary/aromatic N) is 1. The van der Waals surface area contributed by atoms with Gasteiger partial charge in [-0.05, 0) is 12.8 Å². The van der Waals surface area contributed by atoms with E-state index >= 15 is 0 Å². The fourth-order valence-electron chi connectivity index (χ4n) is 0.928. The second-order valence-corrected chi connectivity index (χ2v) is 3.76. The van der Waals surface area contributed by atoms with Crippen LogP contribution < -0.4 is 5.84 Å². The van der Waals surface area contributed by atoms with E-state index in [0.29, 0.717) is 0 Å². The molecule has 0 aromatic heterocycles. The summed E-state index contributed by atoms with van der Waals surface area (Å²) in [5.41, 5.74) is 0. The van der Waals surface area contributed by atoms with Crippen LogP contribution in [0.3, 0.4) is 0 Å². The van der Waals surface area contributed by atoms with E-state index in [2.05, 4.69) is 0 Å². The first-order valence-corrected chi connectivity index (χ1v) is 4.13. The van der Waals surface area contributed by atoms with Gasteiger partial charge in [-0.2, -0.15) is 3.22 Å². The Kier molecular flexibility index (Phi) is 4.39. The zero-order chi connectivity index (χ0) is 8.31. The number of ketones is 1. The third kappa shape index (κ3) is 2.94. The number of carbonyl (C=O) groups is 1. The van der Waals surface area contributed by atoms with E-state index < -0.39 is 0 Å². The molecule has 0 heterocycles. The monoisotopic (exact) mass is 256 g/mol.